The average molecular weight is 366 g/mol. The maximum Gasteiger partial charge on any atom is 0.213 e. The van der Waals surface area contributed by atoms with Crippen LogP contribution >= 0.6 is 22.7 Å². The van der Waals surface area contributed by atoms with Crippen molar-refractivity contribution in [2.75, 3.05) is 0 Å². The molecule has 124 valence electrons. The number of hydrogen-bond donors (Lipinski definition) is 0. The first-order valence-corrected chi connectivity index (χ1v) is 9.55. The Balaban J connectivity index is 1.93. The third kappa shape index (κ3) is 3.25. The molecule has 3 aromatic heterocycles. The minimum Gasteiger partial charge on any atom is -0.235 e. The molecule has 0 radical (unpaired) electrons. The third-order valence-corrected chi connectivity index (χ3v) is 6.17. The summed E-state index contributed by atoms with van der Waals surface area (Å²) in [6.45, 7) is 4.14. The van der Waals surface area contributed by atoms with Crippen molar-refractivity contribution in [2.45, 2.75) is 13.8 Å². The molecule has 0 N–H and O–H groups in total. The van der Waals surface area contributed by atoms with Gasteiger partial charge in [-0.15, -0.1) is 22.7 Å². The fourth-order valence-electron chi connectivity index (χ4n) is 2.70. The highest BCUT2D eigenvalue weighted by atomic mass is 32.1. The van der Waals surface area contributed by atoms with Crippen LogP contribution in [0.2, 0.25) is 0 Å². The lowest BCUT2D eigenvalue weighted by Gasteiger charge is -2.04. The molecule has 4 aromatic rings. The van der Waals surface area contributed by atoms with E-state index in [9.17, 15) is 4.39 Å². The van der Waals surface area contributed by atoms with Crippen LogP contribution in [0.1, 0.15) is 11.1 Å². The topological polar surface area (TPSA) is 25.8 Å². The van der Waals surface area contributed by atoms with Crippen molar-refractivity contribution < 1.29 is 4.39 Å². The monoisotopic (exact) mass is 366 g/mol. The van der Waals surface area contributed by atoms with Gasteiger partial charge in [-0.3, -0.25) is 0 Å². The second-order valence-electron chi connectivity index (χ2n) is 5.92. The molecule has 0 saturated heterocycles. The van der Waals surface area contributed by atoms with E-state index in [1.54, 1.807) is 22.7 Å². The van der Waals surface area contributed by atoms with Gasteiger partial charge in [-0.25, -0.2) is 9.97 Å². The summed E-state index contributed by atoms with van der Waals surface area (Å²) >= 11 is 3.28. The summed E-state index contributed by atoms with van der Waals surface area (Å²) in [5.74, 6) is -0.477. The van der Waals surface area contributed by atoms with Gasteiger partial charge in [0.2, 0.25) is 5.95 Å². The Morgan fingerprint density at radius 3 is 2.56 bits per heavy atom. The minimum absolute atomic E-state index is 0.477. The molecule has 0 atom stereocenters. The molecule has 0 amide bonds. The van der Waals surface area contributed by atoms with Crippen LogP contribution in [-0.2, 0) is 0 Å². The van der Waals surface area contributed by atoms with E-state index in [0.29, 0.717) is 0 Å². The van der Waals surface area contributed by atoms with Crippen molar-refractivity contribution in [3.05, 3.63) is 71.1 Å². The quantitative estimate of drug-likeness (QED) is 0.394. The van der Waals surface area contributed by atoms with Gasteiger partial charge in [0.15, 0.2) is 0 Å². The Labute approximate surface area is 153 Å². The smallest absolute Gasteiger partial charge is 0.213 e. The van der Waals surface area contributed by atoms with E-state index in [2.05, 4.69) is 42.4 Å². The van der Waals surface area contributed by atoms with Crippen molar-refractivity contribution in [2.24, 2.45) is 0 Å². The van der Waals surface area contributed by atoms with Crippen molar-refractivity contribution in [1.29, 1.82) is 0 Å². The summed E-state index contributed by atoms with van der Waals surface area (Å²) in [7, 11) is 0. The summed E-state index contributed by atoms with van der Waals surface area (Å²) in [5, 5.41) is 3.08. The Morgan fingerprint density at radius 2 is 1.84 bits per heavy atom. The highest BCUT2D eigenvalue weighted by molar-refractivity contribution is 7.23. The van der Waals surface area contributed by atoms with Gasteiger partial charge in [0.1, 0.15) is 5.01 Å². The zero-order chi connectivity index (χ0) is 17.4. The normalized spacial score (nSPS) is 11.0. The zero-order valence-electron chi connectivity index (χ0n) is 13.8. The number of benzene rings is 1. The predicted molar refractivity (Wildman–Crippen MR) is 104 cm³/mol. The summed E-state index contributed by atoms with van der Waals surface area (Å²) in [5.41, 5.74) is 5.14. The minimum atomic E-state index is -0.477. The number of nitrogens with zero attached hydrogens (tertiary/aromatic N) is 2. The van der Waals surface area contributed by atoms with Crippen molar-refractivity contribution in [3.63, 3.8) is 0 Å². The van der Waals surface area contributed by atoms with Gasteiger partial charge in [-0.05, 0) is 48.6 Å². The van der Waals surface area contributed by atoms with Crippen molar-refractivity contribution >= 4 is 22.7 Å². The first-order chi connectivity index (χ1) is 12.1. The maximum absolute atomic E-state index is 13.7. The molecule has 0 aliphatic carbocycles. The summed E-state index contributed by atoms with van der Waals surface area (Å²) < 4.78 is 13.7. The van der Waals surface area contributed by atoms with Crippen LogP contribution in [0.25, 0.3) is 31.6 Å². The number of hydrogen-bond acceptors (Lipinski definition) is 4. The van der Waals surface area contributed by atoms with Crippen LogP contribution in [0, 0.1) is 19.8 Å². The lowest BCUT2D eigenvalue weighted by atomic mass is 10.1. The number of thiazole rings is 1. The molecular formula is C20H15FN2S2. The fourth-order valence-corrected chi connectivity index (χ4v) is 4.74. The molecule has 3 heterocycles. The van der Waals surface area contributed by atoms with E-state index in [-0.39, 0.29) is 0 Å². The number of aryl methyl sites for hydroxylation is 2. The molecule has 0 unspecified atom stereocenters. The van der Waals surface area contributed by atoms with E-state index < -0.39 is 5.95 Å². The maximum atomic E-state index is 13.7. The number of pyridine rings is 1. The lowest BCUT2D eigenvalue weighted by Crippen LogP contribution is -1.86. The predicted octanol–water partition coefficient (Wildman–Crippen LogP) is 6.36. The van der Waals surface area contributed by atoms with Crippen LogP contribution in [0.4, 0.5) is 4.39 Å². The van der Waals surface area contributed by atoms with Gasteiger partial charge in [0.05, 0.1) is 15.4 Å². The highest BCUT2D eigenvalue weighted by Gasteiger charge is 2.17. The first kappa shape index (κ1) is 16.1. The second-order valence-corrected chi connectivity index (χ2v) is 7.83. The number of aromatic nitrogens is 2. The van der Waals surface area contributed by atoms with E-state index >= 15 is 0 Å². The van der Waals surface area contributed by atoms with Gasteiger partial charge >= 0.3 is 0 Å². The molecule has 0 aliphatic heterocycles. The first-order valence-electron chi connectivity index (χ1n) is 7.85. The average Bonchev–Trinajstić information content (AvgIpc) is 3.21. The SMILES string of the molecule is Cc1cccc(-c2nc(-c3cc(C)cs3)sc2-c2ccnc(F)c2)c1. The zero-order valence-corrected chi connectivity index (χ0v) is 15.4. The van der Waals surface area contributed by atoms with Crippen LogP contribution in [0.3, 0.4) is 0 Å². The number of thiophene rings is 1. The third-order valence-electron chi connectivity index (χ3n) is 3.85. The Hall–Kier alpha value is -2.37. The summed E-state index contributed by atoms with van der Waals surface area (Å²) in [6.07, 6.45) is 1.50. The molecule has 0 fully saturated rings. The van der Waals surface area contributed by atoms with Gasteiger partial charge in [0.25, 0.3) is 0 Å². The van der Waals surface area contributed by atoms with Gasteiger partial charge < -0.3 is 0 Å². The van der Waals surface area contributed by atoms with E-state index in [1.807, 2.05) is 18.2 Å². The summed E-state index contributed by atoms with van der Waals surface area (Å²) in [4.78, 5) is 10.7. The van der Waals surface area contributed by atoms with Gasteiger partial charge in [-0.2, -0.15) is 4.39 Å². The molecule has 1 aromatic carbocycles. The highest BCUT2D eigenvalue weighted by Crippen LogP contribution is 2.42. The number of rotatable bonds is 3. The van der Waals surface area contributed by atoms with Crippen LogP contribution in [-0.4, -0.2) is 9.97 Å². The molecule has 2 nitrogen and oxygen atoms in total. The molecule has 0 bridgehead atoms. The van der Waals surface area contributed by atoms with Crippen LogP contribution in [0.5, 0.6) is 0 Å². The van der Waals surface area contributed by atoms with E-state index in [1.165, 1.54) is 23.4 Å². The molecule has 0 saturated carbocycles. The molecule has 0 aliphatic rings. The van der Waals surface area contributed by atoms with Gasteiger partial charge in [0, 0.05) is 17.8 Å². The van der Waals surface area contributed by atoms with E-state index in [4.69, 9.17) is 4.98 Å². The van der Waals surface area contributed by atoms with Crippen molar-refractivity contribution in [1.82, 2.24) is 9.97 Å². The molecule has 4 rings (SSSR count). The Bertz CT molecular complexity index is 986. The van der Waals surface area contributed by atoms with Crippen molar-refractivity contribution in [3.8, 4) is 31.6 Å². The standard InChI is InChI=1S/C20H15FN2S2/c1-12-4-3-5-14(8-12)18-19(15-6-7-22-17(21)10-15)25-20(23-18)16-9-13(2)11-24-16/h3-11H,1-2H3. The second kappa shape index (κ2) is 6.50. The largest absolute Gasteiger partial charge is 0.235 e. The molecule has 0 spiro atoms. The van der Waals surface area contributed by atoms with E-state index in [0.717, 1.165) is 31.6 Å². The lowest BCUT2D eigenvalue weighted by molar-refractivity contribution is 0.584. The molecule has 25 heavy (non-hydrogen) atoms. The molecule has 5 heteroatoms. The fraction of sp³-hybridized carbons (Fsp3) is 0.100. The van der Waals surface area contributed by atoms with Crippen LogP contribution in [0.15, 0.2) is 54.0 Å². The molecular weight excluding hydrogens is 351 g/mol. The summed E-state index contributed by atoms with van der Waals surface area (Å²) in [6, 6.07) is 13.7. The Morgan fingerprint density at radius 1 is 0.960 bits per heavy atom. The van der Waals surface area contributed by atoms with Crippen LogP contribution < -0.4 is 0 Å². The number of halogens is 1. The van der Waals surface area contributed by atoms with Gasteiger partial charge in [-0.1, -0.05) is 23.8 Å². The Kier molecular flexibility index (Phi) is 4.19.